The van der Waals surface area contributed by atoms with Crippen molar-refractivity contribution < 1.29 is 31.1 Å². The number of rotatable bonds is 5. The second kappa shape index (κ2) is 9.05. The summed E-state index contributed by atoms with van der Waals surface area (Å²) in [5.41, 5.74) is -1.07. The third-order valence-electron chi connectivity index (χ3n) is 5.65. The van der Waals surface area contributed by atoms with Crippen LogP contribution < -0.4 is 9.80 Å². The van der Waals surface area contributed by atoms with Gasteiger partial charge in [0.1, 0.15) is 10.7 Å². The molecule has 1 fully saturated rings. The van der Waals surface area contributed by atoms with Crippen LogP contribution in [0, 0.1) is 11.7 Å². The van der Waals surface area contributed by atoms with E-state index in [0.717, 1.165) is 18.5 Å². The molecule has 0 saturated carbocycles. The van der Waals surface area contributed by atoms with Gasteiger partial charge < -0.3 is 14.9 Å². The summed E-state index contributed by atoms with van der Waals surface area (Å²) in [6.45, 7) is 5.97. The quantitative estimate of drug-likeness (QED) is 0.643. The highest BCUT2D eigenvalue weighted by atomic mass is 32.2. The van der Waals surface area contributed by atoms with Gasteiger partial charge in [0.05, 0.1) is 12.1 Å². The van der Waals surface area contributed by atoms with Crippen LogP contribution >= 0.6 is 0 Å². The first-order valence-corrected chi connectivity index (χ1v) is 12.2. The molecule has 0 radical (unpaired) electrons. The van der Waals surface area contributed by atoms with Crippen molar-refractivity contribution in [2.45, 2.75) is 44.0 Å². The first kappa shape index (κ1) is 25.2. The molecule has 7 nitrogen and oxygen atoms in total. The van der Waals surface area contributed by atoms with Gasteiger partial charge in [-0.25, -0.2) is 22.8 Å². The van der Waals surface area contributed by atoms with E-state index < -0.39 is 44.1 Å². The number of aliphatic hydroxyl groups excluding tert-OH is 1. The normalized spacial score (nSPS) is 18.7. The van der Waals surface area contributed by atoms with Crippen LogP contribution in [0.25, 0.3) is 0 Å². The fraction of sp³-hybridized carbons (Fsp3) is 0.524. The van der Waals surface area contributed by atoms with Crippen LogP contribution in [0.5, 0.6) is 0 Å². The maximum atomic E-state index is 14.0. The summed E-state index contributed by atoms with van der Waals surface area (Å²) in [5.74, 6) is -0.954. The molecule has 1 aromatic carbocycles. The van der Waals surface area contributed by atoms with Crippen LogP contribution in [0.4, 0.5) is 29.2 Å². The highest BCUT2D eigenvalue weighted by Crippen LogP contribution is 2.35. The fourth-order valence-electron chi connectivity index (χ4n) is 3.89. The zero-order valence-electron chi connectivity index (χ0n) is 18.6. The van der Waals surface area contributed by atoms with Crippen molar-refractivity contribution in [3.63, 3.8) is 0 Å². The van der Waals surface area contributed by atoms with Crippen molar-refractivity contribution in [3.05, 3.63) is 41.5 Å². The lowest BCUT2D eigenvalue weighted by atomic mass is 9.99. The number of piperazine rings is 1. The molecule has 2 heterocycles. The first-order chi connectivity index (χ1) is 15.2. The lowest BCUT2D eigenvalue weighted by Gasteiger charge is -2.44. The van der Waals surface area contributed by atoms with E-state index in [1.807, 2.05) is 18.7 Å². The molecule has 1 N–H and O–H groups in total. The third-order valence-corrected chi connectivity index (χ3v) is 6.76. The van der Waals surface area contributed by atoms with Crippen LogP contribution in [0.15, 0.2) is 29.3 Å². The van der Waals surface area contributed by atoms with Gasteiger partial charge in [-0.15, -0.1) is 0 Å². The van der Waals surface area contributed by atoms with Gasteiger partial charge in [-0.1, -0.05) is 13.8 Å². The summed E-state index contributed by atoms with van der Waals surface area (Å²) in [6, 6.07) is 3.54. The molecule has 1 saturated heterocycles. The van der Waals surface area contributed by atoms with Gasteiger partial charge in [-0.2, -0.15) is 13.2 Å². The highest BCUT2D eigenvalue weighted by Gasteiger charge is 2.39. The summed E-state index contributed by atoms with van der Waals surface area (Å²) in [7, 11) is -3.77. The number of hydrogen-bond acceptors (Lipinski definition) is 7. The predicted molar refractivity (Wildman–Crippen MR) is 115 cm³/mol. The number of aromatic nitrogens is 2. The summed E-state index contributed by atoms with van der Waals surface area (Å²) in [5, 5.41) is 9.70. The number of alkyl halides is 3. The Kier molecular flexibility index (Phi) is 6.90. The molecule has 0 bridgehead atoms. The Morgan fingerprint density at radius 3 is 2.39 bits per heavy atom. The number of aliphatic hydroxyl groups is 1. The minimum absolute atomic E-state index is 0.0167. The van der Waals surface area contributed by atoms with Gasteiger partial charge in [0.15, 0.2) is 15.5 Å². The van der Waals surface area contributed by atoms with E-state index in [0.29, 0.717) is 18.8 Å². The third kappa shape index (κ3) is 5.37. The molecule has 1 unspecified atom stereocenters. The fourth-order valence-corrected chi connectivity index (χ4v) is 4.65. The second-order valence-corrected chi connectivity index (χ2v) is 10.5. The maximum absolute atomic E-state index is 14.0. The molecule has 12 heteroatoms. The Bertz CT molecular complexity index is 1120. The topological polar surface area (TPSA) is 86.6 Å². The number of benzene rings is 1. The molecule has 1 aromatic heterocycles. The summed E-state index contributed by atoms with van der Waals surface area (Å²) < 4.78 is 78.5. The molecule has 182 valence electrons. The monoisotopic (exact) mass is 490 g/mol. The Morgan fingerprint density at radius 1 is 1.18 bits per heavy atom. The Morgan fingerprint density at radius 2 is 1.85 bits per heavy atom. The van der Waals surface area contributed by atoms with Gasteiger partial charge in [0, 0.05) is 43.3 Å². The highest BCUT2D eigenvalue weighted by molar-refractivity contribution is 7.90. The SMILES string of the molecule is CC(C)C1CN(c2ccc(F)c(S(C)(=O)=O)c2)CCN1c1ncc([C@H](C)O)c(C(F)(F)F)n1. The predicted octanol–water partition coefficient (Wildman–Crippen LogP) is 3.44. The number of anilines is 2. The minimum Gasteiger partial charge on any atom is -0.389 e. The van der Waals surface area contributed by atoms with Crippen LogP contribution in [-0.2, 0) is 16.0 Å². The summed E-state index contributed by atoms with van der Waals surface area (Å²) in [6.07, 6.45) is -4.21. The van der Waals surface area contributed by atoms with Gasteiger partial charge in [-0.3, -0.25) is 0 Å². The number of halogens is 4. The van der Waals surface area contributed by atoms with E-state index in [-0.39, 0.29) is 24.5 Å². The molecular weight excluding hydrogens is 464 g/mol. The first-order valence-electron chi connectivity index (χ1n) is 10.3. The minimum atomic E-state index is -4.75. The summed E-state index contributed by atoms with van der Waals surface area (Å²) in [4.78, 5) is 11.0. The number of nitrogens with zero attached hydrogens (tertiary/aromatic N) is 4. The Balaban J connectivity index is 1.95. The molecule has 2 aromatic rings. The van der Waals surface area contributed by atoms with Crippen molar-refractivity contribution >= 4 is 21.5 Å². The van der Waals surface area contributed by atoms with Crippen molar-refractivity contribution in [1.82, 2.24) is 9.97 Å². The molecule has 0 spiro atoms. The van der Waals surface area contributed by atoms with Crippen molar-refractivity contribution in [3.8, 4) is 0 Å². The van der Waals surface area contributed by atoms with E-state index >= 15 is 0 Å². The Labute approximate surface area is 190 Å². The Hall–Kier alpha value is -2.47. The molecule has 2 atom stereocenters. The molecule has 0 aliphatic carbocycles. The van der Waals surface area contributed by atoms with Crippen molar-refractivity contribution in [2.75, 3.05) is 35.7 Å². The molecular formula is C21H26F4N4O3S. The number of sulfone groups is 1. The summed E-state index contributed by atoms with van der Waals surface area (Å²) >= 11 is 0. The van der Waals surface area contributed by atoms with Gasteiger partial charge in [-0.05, 0) is 31.0 Å². The zero-order valence-corrected chi connectivity index (χ0v) is 19.5. The molecule has 3 rings (SSSR count). The van der Waals surface area contributed by atoms with Crippen molar-refractivity contribution in [1.29, 1.82) is 0 Å². The van der Waals surface area contributed by atoms with E-state index in [1.165, 1.54) is 19.1 Å². The molecule has 1 aliphatic rings. The second-order valence-electron chi connectivity index (χ2n) is 8.49. The lowest BCUT2D eigenvalue weighted by molar-refractivity contribution is -0.142. The maximum Gasteiger partial charge on any atom is 0.433 e. The molecule has 1 aliphatic heterocycles. The van der Waals surface area contributed by atoms with Crippen LogP contribution in [0.2, 0.25) is 0 Å². The standard InChI is InChI=1S/C21H26F4N4O3S/c1-12(2)17-11-28(14-5-6-16(22)18(9-14)33(4,31)32)7-8-29(17)20-26-10-15(13(3)30)19(27-20)21(23,24)25/h5-6,9-10,12-13,17,30H,7-8,11H2,1-4H3/t13-,17?/m0/s1. The van der Waals surface area contributed by atoms with Crippen molar-refractivity contribution in [2.24, 2.45) is 5.92 Å². The van der Waals surface area contributed by atoms with Gasteiger partial charge in [0.25, 0.3) is 0 Å². The number of hydrogen-bond donors (Lipinski definition) is 1. The largest absolute Gasteiger partial charge is 0.433 e. The molecule has 33 heavy (non-hydrogen) atoms. The van der Waals surface area contributed by atoms with Crippen LogP contribution in [0.3, 0.4) is 0 Å². The van der Waals surface area contributed by atoms with Gasteiger partial charge >= 0.3 is 6.18 Å². The lowest BCUT2D eigenvalue weighted by Crippen LogP contribution is -2.56. The van der Waals surface area contributed by atoms with Gasteiger partial charge in [0.2, 0.25) is 5.95 Å². The average molecular weight is 491 g/mol. The van der Waals surface area contributed by atoms with Crippen LogP contribution in [0.1, 0.15) is 38.1 Å². The molecule has 0 amide bonds. The van der Waals surface area contributed by atoms with E-state index in [9.17, 15) is 31.1 Å². The zero-order chi connectivity index (χ0) is 24.7. The average Bonchev–Trinajstić information content (AvgIpc) is 2.71. The van der Waals surface area contributed by atoms with E-state index in [4.69, 9.17) is 0 Å². The van der Waals surface area contributed by atoms with E-state index in [1.54, 1.807) is 4.90 Å². The van der Waals surface area contributed by atoms with E-state index in [2.05, 4.69) is 9.97 Å². The van der Waals surface area contributed by atoms with Crippen LogP contribution in [-0.4, -0.2) is 55.4 Å². The smallest absolute Gasteiger partial charge is 0.389 e.